The van der Waals surface area contributed by atoms with Crippen LogP contribution in [0.1, 0.15) is 30.4 Å². The number of aromatic nitrogens is 4. The maximum atomic E-state index is 11.7. The maximum Gasteiger partial charge on any atom is 0.253 e. The lowest BCUT2D eigenvalue weighted by Crippen LogP contribution is -2.36. The van der Waals surface area contributed by atoms with Gasteiger partial charge in [0.15, 0.2) is 0 Å². The number of piperidine rings is 1. The summed E-state index contributed by atoms with van der Waals surface area (Å²) < 4.78 is 5.04. The van der Waals surface area contributed by atoms with Gasteiger partial charge in [0.1, 0.15) is 24.1 Å². The SMILES string of the molecule is COCc1nc(N2CCCC(c3ncc[nH]3)C2)cc(=O)[nH]1. The zero-order chi connectivity index (χ0) is 14.7. The number of anilines is 1. The van der Waals surface area contributed by atoms with Crippen LogP contribution in [0.5, 0.6) is 0 Å². The van der Waals surface area contributed by atoms with Crippen LogP contribution >= 0.6 is 0 Å². The van der Waals surface area contributed by atoms with Crippen LogP contribution in [0.3, 0.4) is 0 Å². The van der Waals surface area contributed by atoms with Gasteiger partial charge in [-0.3, -0.25) is 4.79 Å². The molecule has 21 heavy (non-hydrogen) atoms. The van der Waals surface area contributed by atoms with Crippen molar-refractivity contribution in [2.75, 3.05) is 25.1 Å². The van der Waals surface area contributed by atoms with E-state index >= 15 is 0 Å². The molecule has 1 saturated heterocycles. The highest BCUT2D eigenvalue weighted by Gasteiger charge is 2.24. The normalized spacial score (nSPS) is 18.9. The minimum absolute atomic E-state index is 0.146. The molecule has 0 radical (unpaired) electrons. The molecule has 1 fully saturated rings. The monoisotopic (exact) mass is 289 g/mol. The number of H-pyrrole nitrogens is 2. The molecule has 0 saturated carbocycles. The third kappa shape index (κ3) is 3.13. The predicted molar refractivity (Wildman–Crippen MR) is 78.3 cm³/mol. The molecule has 7 nitrogen and oxygen atoms in total. The first kappa shape index (κ1) is 13.8. The van der Waals surface area contributed by atoms with Crippen LogP contribution in [0, 0.1) is 0 Å². The highest BCUT2D eigenvalue weighted by Crippen LogP contribution is 2.26. The Morgan fingerprint density at radius 3 is 3.19 bits per heavy atom. The molecule has 2 N–H and O–H groups in total. The van der Waals surface area contributed by atoms with E-state index in [9.17, 15) is 4.79 Å². The van der Waals surface area contributed by atoms with Crippen LogP contribution in [0.25, 0.3) is 0 Å². The fraction of sp³-hybridized carbons (Fsp3) is 0.500. The number of methoxy groups -OCH3 is 1. The molecule has 2 aromatic heterocycles. The Balaban J connectivity index is 1.81. The van der Waals surface area contributed by atoms with Gasteiger partial charge in [0.25, 0.3) is 5.56 Å². The van der Waals surface area contributed by atoms with E-state index in [0.29, 0.717) is 24.2 Å². The molecule has 3 heterocycles. The molecule has 0 amide bonds. The van der Waals surface area contributed by atoms with E-state index in [1.54, 1.807) is 19.4 Å². The third-order valence-electron chi connectivity index (χ3n) is 3.71. The van der Waals surface area contributed by atoms with Gasteiger partial charge in [-0.05, 0) is 12.8 Å². The van der Waals surface area contributed by atoms with Crippen LogP contribution < -0.4 is 10.5 Å². The van der Waals surface area contributed by atoms with Crippen molar-refractivity contribution in [1.82, 2.24) is 19.9 Å². The first-order valence-corrected chi connectivity index (χ1v) is 7.09. The number of hydrogen-bond donors (Lipinski definition) is 2. The van der Waals surface area contributed by atoms with Crippen molar-refractivity contribution in [1.29, 1.82) is 0 Å². The van der Waals surface area contributed by atoms with Crippen molar-refractivity contribution in [2.45, 2.75) is 25.4 Å². The first-order chi connectivity index (χ1) is 10.3. The number of imidazole rings is 1. The van der Waals surface area contributed by atoms with Gasteiger partial charge in [-0.1, -0.05) is 0 Å². The van der Waals surface area contributed by atoms with Crippen LogP contribution in [0.4, 0.5) is 5.82 Å². The van der Waals surface area contributed by atoms with E-state index in [0.717, 1.165) is 31.8 Å². The lowest BCUT2D eigenvalue weighted by Gasteiger charge is -2.32. The van der Waals surface area contributed by atoms with Crippen molar-refractivity contribution >= 4 is 5.82 Å². The Morgan fingerprint density at radius 1 is 1.52 bits per heavy atom. The average Bonchev–Trinajstić information content (AvgIpc) is 3.01. The molecule has 3 rings (SSSR count). The molecule has 0 aromatic carbocycles. The minimum Gasteiger partial charge on any atom is -0.377 e. The highest BCUT2D eigenvalue weighted by molar-refractivity contribution is 5.38. The van der Waals surface area contributed by atoms with Crippen LogP contribution in [-0.2, 0) is 11.3 Å². The standard InChI is InChI=1S/C14H19N5O2/c1-21-9-11-17-12(7-13(20)18-11)19-6-2-3-10(8-19)14-15-4-5-16-14/h4-5,7,10H,2-3,6,8-9H2,1H3,(H,15,16)(H,17,18,20). The first-order valence-electron chi connectivity index (χ1n) is 7.09. The summed E-state index contributed by atoms with van der Waals surface area (Å²) in [7, 11) is 1.58. The van der Waals surface area contributed by atoms with Crippen molar-refractivity contribution in [3.63, 3.8) is 0 Å². The molecule has 2 aromatic rings. The topological polar surface area (TPSA) is 86.9 Å². The fourth-order valence-corrected chi connectivity index (χ4v) is 2.77. The maximum absolute atomic E-state index is 11.7. The number of ether oxygens (including phenoxy) is 1. The lowest BCUT2D eigenvalue weighted by atomic mass is 9.97. The number of hydrogen-bond acceptors (Lipinski definition) is 5. The largest absolute Gasteiger partial charge is 0.377 e. The van der Waals surface area contributed by atoms with E-state index in [4.69, 9.17) is 4.74 Å². The Bertz CT molecular complexity index is 637. The molecule has 1 atom stereocenters. The summed E-state index contributed by atoms with van der Waals surface area (Å²) in [6.07, 6.45) is 5.77. The summed E-state index contributed by atoms with van der Waals surface area (Å²) >= 11 is 0. The van der Waals surface area contributed by atoms with Crippen LogP contribution in [0.15, 0.2) is 23.3 Å². The van der Waals surface area contributed by atoms with Crippen molar-refractivity contribution in [3.05, 3.63) is 40.5 Å². The third-order valence-corrected chi connectivity index (χ3v) is 3.71. The summed E-state index contributed by atoms with van der Waals surface area (Å²) in [5.74, 6) is 2.62. The molecular weight excluding hydrogens is 270 g/mol. The molecule has 0 aliphatic carbocycles. The quantitative estimate of drug-likeness (QED) is 0.877. The van der Waals surface area contributed by atoms with Crippen molar-refractivity contribution in [2.24, 2.45) is 0 Å². The predicted octanol–water partition coefficient (Wildman–Crippen LogP) is 1.02. The summed E-state index contributed by atoms with van der Waals surface area (Å²) in [4.78, 5) is 28.6. The Labute approximate surface area is 122 Å². The summed E-state index contributed by atoms with van der Waals surface area (Å²) in [5.41, 5.74) is -0.146. The van der Waals surface area contributed by atoms with Gasteiger partial charge in [-0.2, -0.15) is 0 Å². The fourth-order valence-electron chi connectivity index (χ4n) is 2.77. The van der Waals surface area contributed by atoms with Crippen LogP contribution in [-0.4, -0.2) is 40.1 Å². The van der Waals surface area contributed by atoms with Gasteiger partial charge < -0.3 is 19.6 Å². The van der Waals surface area contributed by atoms with E-state index in [1.165, 1.54) is 0 Å². The summed E-state index contributed by atoms with van der Waals surface area (Å²) in [6.45, 7) is 2.02. The Morgan fingerprint density at radius 2 is 2.43 bits per heavy atom. The molecule has 1 aliphatic heterocycles. The van der Waals surface area contributed by atoms with Gasteiger partial charge >= 0.3 is 0 Å². The molecule has 7 heteroatoms. The molecule has 0 spiro atoms. The second-order valence-electron chi connectivity index (χ2n) is 5.24. The van der Waals surface area contributed by atoms with Crippen LogP contribution in [0.2, 0.25) is 0 Å². The number of nitrogens with zero attached hydrogens (tertiary/aromatic N) is 3. The van der Waals surface area contributed by atoms with E-state index < -0.39 is 0 Å². The molecule has 0 bridgehead atoms. The van der Waals surface area contributed by atoms with E-state index in [2.05, 4.69) is 24.8 Å². The summed E-state index contributed by atoms with van der Waals surface area (Å²) in [5, 5.41) is 0. The number of rotatable bonds is 4. The molecule has 112 valence electrons. The van der Waals surface area contributed by atoms with Gasteiger partial charge in [-0.25, -0.2) is 9.97 Å². The van der Waals surface area contributed by atoms with Gasteiger partial charge in [0.2, 0.25) is 0 Å². The molecule has 1 aliphatic rings. The Hall–Kier alpha value is -2.15. The van der Waals surface area contributed by atoms with Gasteiger partial charge in [-0.15, -0.1) is 0 Å². The lowest BCUT2D eigenvalue weighted by molar-refractivity contribution is 0.177. The zero-order valence-electron chi connectivity index (χ0n) is 12.0. The summed E-state index contributed by atoms with van der Waals surface area (Å²) in [6, 6.07) is 1.55. The second-order valence-corrected chi connectivity index (χ2v) is 5.24. The molecular formula is C14H19N5O2. The van der Waals surface area contributed by atoms with E-state index in [1.807, 2.05) is 6.20 Å². The second kappa shape index (κ2) is 6.09. The van der Waals surface area contributed by atoms with E-state index in [-0.39, 0.29) is 5.56 Å². The Kier molecular flexibility index (Phi) is 4.01. The van der Waals surface area contributed by atoms with Gasteiger partial charge in [0, 0.05) is 44.6 Å². The number of aromatic amines is 2. The number of nitrogens with one attached hydrogen (secondary N) is 2. The smallest absolute Gasteiger partial charge is 0.253 e. The average molecular weight is 289 g/mol. The van der Waals surface area contributed by atoms with Gasteiger partial charge in [0.05, 0.1) is 0 Å². The highest BCUT2D eigenvalue weighted by atomic mass is 16.5. The molecule has 1 unspecified atom stereocenters. The minimum atomic E-state index is -0.146. The van der Waals surface area contributed by atoms with Crippen molar-refractivity contribution in [3.8, 4) is 0 Å². The zero-order valence-corrected chi connectivity index (χ0v) is 12.0. The van der Waals surface area contributed by atoms with Crippen molar-refractivity contribution < 1.29 is 4.74 Å².